The Kier molecular flexibility index (Phi) is 5.90. The van der Waals surface area contributed by atoms with Gasteiger partial charge in [-0.15, -0.1) is 0 Å². The Morgan fingerprint density at radius 2 is 1.83 bits per heavy atom. The number of sulfonamides is 1. The van der Waals surface area contributed by atoms with E-state index in [1.807, 2.05) is 42.5 Å². The summed E-state index contributed by atoms with van der Waals surface area (Å²) in [7, 11) is -3.18. The summed E-state index contributed by atoms with van der Waals surface area (Å²) in [5, 5.41) is 8.04. The molecule has 9 heteroatoms. The van der Waals surface area contributed by atoms with Crippen LogP contribution < -0.4 is 5.32 Å². The minimum Gasteiger partial charge on any atom is -0.351 e. The van der Waals surface area contributed by atoms with E-state index in [-0.39, 0.29) is 24.7 Å². The highest BCUT2D eigenvalue weighted by Crippen LogP contribution is 2.25. The number of halogens is 1. The smallest absolute Gasteiger partial charge is 0.255 e. The average molecular weight is 445 g/mol. The van der Waals surface area contributed by atoms with Crippen molar-refractivity contribution in [3.63, 3.8) is 0 Å². The summed E-state index contributed by atoms with van der Waals surface area (Å²) in [5.74, 6) is -0.135. The number of rotatable bonds is 6. The molecule has 156 valence electrons. The second-order valence-electron chi connectivity index (χ2n) is 7.00. The van der Waals surface area contributed by atoms with Gasteiger partial charge >= 0.3 is 0 Å². The van der Waals surface area contributed by atoms with Crippen LogP contribution >= 0.6 is 11.6 Å². The Labute approximate surface area is 180 Å². The molecule has 1 aromatic heterocycles. The number of amides is 1. The molecule has 0 saturated carbocycles. The average Bonchev–Trinajstić information content (AvgIpc) is 3.33. The zero-order valence-electron chi connectivity index (χ0n) is 16.2. The van der Waals surface area contributed by atoms with Crippen LogP contribution in [0.3, 0.4) is 0 Å². The SMILES string of the molecule is O=C(NCCN1CCCS1(=O)=O)c1cn(-c2ccccc2)nc1-c1ccc(Cl)cc1. The predicted octanol–water partition coefficient (Wildman–Crippen LogP) is 2.96. The van der Waals surface area contributed by atoms with E-state index >= 15 is 0 Å². The van der Waals surface area contributed by atoms with Gasteiger partial charge in [0.05, 0.1) is 17.0 Å². The Morgan fingerprint density at radius 1 is 1.10 bits per heavy atom. The number of aromatic nitrogens is 2. The molecule has 1 aliphatic rings. The Bertz CT molecular complexity index is 1140. The van der Waals surface area contributed by atoms with Crippen LogP contribution in [-0.4, -0.2) is 53.8 Å². The van der Waals surface area contributed by atoms with Gasteiger partial charge in [-0.25, -0.2) is 17.4 Å². The van der Waals surface area contributed by atoms with Crippen molar-refractivity contribution in [3.8, 4) is 16.9 Å². The fourth-order valence-electron chi connectivity index (χ4n) is 3.41. The maximum Gasteiger partial charge on any atom is 0.255 e. The van der Waals surface area contributed by atoms with Crippen LogP contribution in [0.5, 0.6) is 0 Å². The summed E-state index contributed by atoms with van der Waals surface area (Å²) >= 11 is 6.00. The van der Waals surface area contributed by atoms with Crippen LogP contribution in [0.15, 0.2) is 60.8 Å². The summed E-state index contributed by atoms with van der Waals surface area (Å²) in [6, 6.07) is 16.6. The third-order valence-corrected chi connectivity index (χ3v) is 7.16. The van der Waals surface area contributed by atoms with Gasteiger partial charge in [0.1, 0.15) is 5.69 Å². The second kappa shape index (κ2) is 8.59. The predicted molar refractivity (Wildman–Crippen MR) is 116 cm³/mol. The van der Waals surface area contributed by atoms with Crippen molar-refractivity contribution < 1.29 is 13.2 Å². The summed E-state index contributed by atoms with van der Waals surface area (Å²) in [5.41, 5.74) is 2.53. The van der Waals surface area contributed by atoms with E-state index < -0.39 is 10.0 Å². The minimum atomic E-state index is -3.18. The largest absolute Gasteiger partial charge is 0.351 e. The molecule has 7 nitrogen and oxygen atoms in total. The summed E-state index contributed by atoms with van der Waals surface area (Å²) in [4.78, 5) is 12.9. The first kappa shape index (κ1) is 20.6. The molecule has 0 bridgehead atoms. The third-order valence-electron chi connectivity index (χ3n) is 4.95. The van der Waals surface area contributed by atoms with Gasteiger partial charge < -0.3 is 5.32 Å². The van der Waals surface area contributed by atoms with E-state index in [1.54, 1.807) is 23.0 Å². The highest BCUT2D eigenvalue weighted by atomic mass is 35.5. The van der Waals surface area contributed by atoms with E-state index in [0.717, 1.165) is 11.3 Å². The summed E-state index contributed by atoms with van der Waals surface area (Å²) in [6.07, 6.45) is 2.31. The van der Waals surface area contributed by atoms with E-state index in [4.69, 9.17) is 11.6 Å². The lowest BCUT2D eigenvalue weighted by Gasteiger charge is -2.14. The van der Waals surface area contributed by atoms with E-state index in [0.29, 0.717) is 29.2 Å². The highest BCUT2D eigenvalue weighted by Gasteiger charge is 2.28. The molecule has 30 heavy (non-hydrogen) atoms. The van der Waals surface area contributed by atoms with Gasteiger partial charge in [-0.2, -0.15) is 5.10 Å². The first-order valence-electron chi connectivity index (χ1n) is 9.61. The van der Waals surface area contributed by atoms with Crippen molar-refractivity contribution in [3.05, 3.63) is 71.4 Å². The zero-order chi connectivity index (χ0) is 21.1. The van der Waals surface area contributed by atoms with Gasteiger partial charge in [-0.1, -0.05) is 41.9 Å². The van der Waals surface area contributed by atoms with Gasteiger partial charge in [-0.3, -0.25) is 4.79 Å². The summed E-state index contributed by atoms with van der Waals surface area (Å²) < 4.78 is 26.9. The highest BCUT2D eigenvalue weighted by molar-refractivity contribution is 7.89. The van der Waals surface area contributed by atoms with Crippen LogP contribution in [0.1, 0.15) is 16.8 Å². The molecule has 0 radical (unpaired) electrons. The molecular formula is C21H21ClN4O3S. The molecular weight excluding hydrogens is 424 g/mol. The normalized spacial score (nSPS) is 15.9. The minimum absolute atomic E-state index is 0.172. The number of carbonyl (C=O) groups excluding carboxylic acids is 1. The Hall–Kier alpha value is -2.68. The van der Waals surface area contributed by atoms with Crippen molar-refractivity contribution in [2.24, 2.45) is 0 Å². The molecule has 2 heterocycles. The molecule has 0 atom stereocenters. The lowest BCUT2D eigenvalue weighted by atomic mass is 10.1. The van der Waals surface area contributed by atoms with Crippen molar-refractivity contribution >= 4 is 27.5 Å². The molecule has 3 aromatic rings. The molecule has 0 unspecified atom stereocenters. The quantitative estimate of drug-likeness (QED) is 0.633. The lowest BCUT2D eigenvalue weighted by Crippen LogP contribution is -2.35. The van der Waals surface area contributed by atoms with E-state index in [9.17, 15) is 13.2 Å². The molecule has 0 aliphatic carbocycles. The lowest BCUT2D eigenvalue weighted by molar-refractivity contribution is 0.0952. The maximum absolute atomic E-state index is 12.9. The molecule has 1 N–H and O–H groups in total. The fourth-order valence-corrected chi connectivity index (χ4v) is 5.06. The number of carbonyl (C=O) groups is 1. The number of para-hydroxylation sites is 1. The van der Waals surface area contributed by atoms with Gasteiger partial charge in [0, 0.05) is 36.4 Å². The van der Waals surface area contributed by atoms with Gasteiger partial charge in [0.2, 0.25) is 10.0 Å². The van der Waals surface area contributed by atoms with Gasteiger partial charge in [-0.05, 0) is 30.7 Å². The second-order valence-corrected chi connectivity index (χ2v) is 9.53. The Balaban J connectivity index is 1.58. The number of hydrogen-bond acceptors (Lipinski definition) is 4. The van der Waals surface area contributed by atoms with E-state index in [1.165, 1.54) is 4.31 Å². The molecule has 4 rings (SSSR count). The van der Waals surface area contributed by atoms with Crippen LogP contribution in [0, 0.1) is 0 Å². The number of nitrogens with zero attached hydrogens (tertiary/aromatic N) is 3. The van der Waals surface area contributed by atoms with Crippen molar-refractivity contribution in [2.45, 2.75) is 6.42 Å². The van der Waals surface area contributed by atoms with Crippen molar-refractivity contribution in [2.75, 3.05) is 25.4 Å². The third kappa shape index (κ3) is 4.40. The summed E-state index contributed by atoms with van der Waals surface area (Å²) in [6.45, 7) is 0.992. The number of benzene rings is 2. The van der Waals surface area contributed by atoms with Crippen LogP contribution in [0.2, 0.25) is 5.02 Å². The fraction of sp³-hybridized carbons (Fsp3) is 0.238. The maximum atomic E-state index is 12.9. The number of nitrogens with one attached hydrogen (secondary N) is 1. The molecule has 1 amide bonds. The monoisotopic (exact) mass is 444 g/mol. The van der Waals surface area contributed by atoms with E-state index in [2.05, 4.69) is 10.4 Å². The first-order valence-corrected chi connectivity index (χ1v) is 11.6. The topological polar surface area (TPSA) is 84.3 Å². The zero-order valence-corrected chi connectivity index (χ0v) is 17.7. The van der Waals surface area contributed by atoms with Crippen LogP contribution in [0.25, 0.3) is 16.9 Å². The first-order chi connectivity index (χ1) is 14.4. The molecule has 1 aliphatic heterocycles. The number of hydrogen-bond donors (Lipinski definition) is 1. The molecule has 2 aromatic carbocycles. The molecule has 1 saturated heterocycles. The molecule has 0 spiro atoms. The van der Waals surface area contributed by atoms with Crippen molar-refractivity contribution in [1.82, 2.24) is 19.4 Å². The van der Waals surface area contributed by atoms with Gasteiger partial charge in [0.15, 0.2) is 0 Å². The van der Waals surface area contributed by atoms with Gasteiger partial charge in [0.25, 0.3) is 5.91 Å². The molecule has 1 fully saturated rings. The Morgan fingerprint density at radius 3 is 2.50 bits per heavy atom. The van der Waals surface area contributed by atoms with Crippen LogP contribution in [-0.2, 0) is 10.0 Å². The van der Waals surface area contributed by atoms with Crippen molar-refractivity contribution in [1.29, 1.82) is 0 Å². The standard InChI is InChI=1S/C21H21ClN4O3S/c22-17-9-7-16(8-10-17)20-19(15-26(24-20)18-5-2-1-3-6-18)21(27)23-11-13-25-12-4-14-30(25,28)29/h1-3,5-10,15H,4,11-14H2,(H,23,27). The van der Waals surface area contributed by atoms with Crippen LogP contribution in [0.4, 0.5) is 0 Å².